The number of benzene rings is 2. The van der Waals surface area contributed by atoms with Crippen molar-refractivity contribution in [1.29, 1.82) is 0 Å². The summed E-state index contributed by atoms with van der Waals surface area (Å²) in [5.41, 5.74) is 4.21. The number of morpholine rings is 1. The molecule has 2 aromatic carbocycles. The Morgan fingerprint density at radius 3 is 2.09 bits per heavy atom. The van der Waals surface area contributed by atoms with Crippen molar-refractivity contribution in [2.24, 2.45) is 0 Å². The van der Waals surface area contributed by atoms with Gasteiger partial charge in [0.05, 0.1) is 18.9 Å². The first kappa shape index (κ1) is 25.6. The number of hydrogen-bond acceptors (Lipinski definition) is 5. The van der Waals surface area contributed by atoms with Crippen LogP contribution in [0.5, 0.6) is 0 Å². The van der Waals surface area contributed by atoms with Crippen molar-refractivity contribution in [2.75, 3.05) is 31.2 Å². The Balaban J connectivity index is 0.00000158. The standard InChI is InChI=1S/C25H26BFN3O2.C2H6/c1-17-23(27)25(30-11-13-32-14-12-30)29-24(28-17)20-7-3-18(4-8-20)15-22(31)16-19-5-9-21(26-2)10-6-19;1-2/h3-10H,11-16H2,1-2H3;1-2H3. The monoisotopic (exact) mass is 460 g/mol. The molecule has 1 radical (unpaired) electrons. The molecule has 1 saturated heterocycles. The van der Waals surface area contributed by atoms with Gasteiger partial charge in [0.25, 0.3) is 0 Å². The molecular formula is C27H32BFN3O2. The number of anilines is 1. The minimum atomic E-state index is -0.386. The van der Waals surface area contributed by atoms with Crippen molar-refractivity contribution in [2.45, 2.75) is 40.4 Å². The van der Waals surface area contributed by atoms with E-state index in [1.54, 1.807) is 6.92 Å². The molecule has 0 spiro atoms. The van der Waals surface area contributed by atoms with Crippen molar-refractivity contribution in [3.05, 3.63) is 71.2 Å². The van der Waals surface area contributed by atoms with Crippen LogP contribution >= 0.6 is 0 Å². The maximum absolute atomic E-state index is 14.7. The zero-order valence-corrected chi connectivity index (χ0v) is 20.5. The van der Waals surface area contributed by atoms with E-state index < -0.39 is 0 Å². The van der Waals surface area contributed by atoms with E-state index in [0.717, 1.165) is 22.2 Å². The molecule has 2 heterocycles. The maximum atomic E-state index is 14.7. The zero-order valence-electron chi connectivity index (χ0n) is 20.5. The van der Waals surface area contributed by atoms with Gasteiger partial charge in [-0.25, -0.2) is 14.4 Å². The third-order valence-electron chi connectivity index (χ3n) is 5.64. The number of ether oxygens (including phenoxy) is 1. The van der Waals surface area contributed by atoms with Gasteiger partial charge in [0, 0.05) is 31.5 Å². The molecular weight excluding hydrogens is 428 g/mol. The molecule has 5 nitrogen and oxygen atoms in total. The predicted octanol–water partition coefficient (Wildman–Crippen LogP) is 4.19. The Kier molecular flexibility index (Phi) is 9.34. The third kappa shape index (κ3) is 6.51. The minimum absolute atomic E-state index is 0.162. The van der Waals surface area contributed by atoms with Gasteiger partial charge in [-0.15, -0.1) is 0 Å². The fourth-order valence-corrected chi connectivity index (χ4v) is 3.78. The number of ketones is 1. The molecule has 1 fully saturated rings. The molecule has 4 rings (SSSR count). The summed E-state index contributed by atoms with van der Waals surface area (Å²) in [6.07, 6.45) is 0.777. The molecule has 34 heavy (non-hydrogen) atoms. The van der Waals surface area contributed by atoms with Crippen LogP contribution in [0, 0.1) is 12.7 Å². The van der Waals surface area contributed by atoms with E-state index in [1.807, 2.05) is 81.4 Å². The number of hydrogen-bond donors (Lipinski definition) is 0. The van der Waals surface area contributed by atoms with Crippen LogP contribution in [-0.2, 0) is 22.4 Å². The Labute approximate surface area is 202 Å². The molecule has 0 aliphatic carbocycles. The normalized spacial score (nSPS) is 13.1. The van der Waals surface area contributed by atoms with Crippen molar-refractivity contribution < 1.29 is 13.9 Å². The highest BCUT2D eigenvalue weighted by atomic mass is 19.1. The average Bonchev–Trinajstić information content (AvgIpc) is 2.88. The second-order valence-electron chi connectivity index (χ2n) is 7.99. The number of nitrogens with zero attached hydrogens (tertiary/aromatic N) is 3. The molecule has 3 aromatic rings. The van der Waals surface area contributed by atoms with Gasteiger partial charge in [-0.1, -0.05) is 74.7 Å². The first-order valence-corrected chi connectivity index (χ1v) is 11.9. The van der Waals surface area contributed by atoms with Gasteiger partial charge in [0.1, 0.15) is 13.1 Å². The lowest BCUT2D eigenvalue weighted by molar-refractivity contribution is -0.117. The Morgan fingerprint density at radius 1 is 0.971 bits per heavy atom. The number of halogens is 1. The van der Waals surface area contributed by atoms with E-state index in [2.05, 4.69) is 9.97 Å². The number of Topliss-reactive ketones (excluding diaryl/α,β-unsaturated/α-hetero) is 1. The van der Waals surface area contributed by atoms with Gasteiger partial charge < -0.3 is 9.64 Å². The highest BCUT2D eigenvalue weighted by Gasteiger charge is 2.20. The summed E-state index contributed by atoms with van der Waals surface area (Å²) < 4.78 is 20.0. The van der Waals surface area contributed by atoms with E-state index in [9.17, 15) is 9.18 Å². The molecule has 0 unspecified atom stereocenters. The largest absolute Gasteiger partial charge is 0.378 e. The average molecular weight is 460 g/mol. The fraction of sp³-hybridized carbons (Fsp3) is 0.370. The molecule has 177 valence electrons. The van der Waals surface area contributed by atoms with Crippen LogP contribution in [-0.4, -0.2) is 49.3 Å². The smallest absolute Gasteiger partial charge is 0.186 e. The van der Waals surface area contributed by atoms with Crippen LogP contribution in [0.2, 0.25) is 6.82 Å². The van der Waals surface area contributed by atoms with Crippen molar-refractivity contribution in [3.63, 3.8) is 0 Å². The predicted molar refractivity (Wildman–Crippen MR) is 137 cm³/mol. The summed E-state index contributed by atoms with van der Waals surface area (Å²) in [6.45, 7) is 9.97. The second-order valence-corrected chi connectivity index (χ2v) is 7.99. The zero-order chi connectivity index (χ0) is 24.5. The molecule has 0 amide bonds. The van der Waals surface area contributed by atoms with Crippen LogP contribution in [0.15, 0.2) is 48.5 Å². The van der Waals surface area contributed by atoms with Gasteiger partial charge in [0.15, 0.2) is 17.5 Å². The first-order chi connectivity index (χ1) is 16.5. The van der Waals surface area contributed by atoms with E-state index in [4.69, 9.17) is 4.74 Å². The summed E-state index contributed by atoms with van der Waals surface area (Å²) >= 11 is 0. The minimum Gasteiger partial charge on any atom is -0.378 e. The lowest BCUT2D eigenvalue weighted by atomic mass is 9.73. The van der Waals surface area contributed by atoms with Gasteiger partial charge in [-0.3, -0.25) is 4.79 Å². The van der Waals surface area contributed by atoms with Crippen molar-refractivity contribution in [3.8, 4) is 11.4 Å². The van der Waals surface area contributed by atoms with Crippen LogP contribution in [0.25, 0.3) is 11.4 Å². The Bertz CT molecular complexity index is 1080. The molecule has 0 saturated carbocycles. The SMILES string of the molecule is CC.C[B]c1ccc(CC(=O)Cc2ccc(-c3nc(C)c(F)c(N4CCOCC4)n3)cc2)cc1. The van der Waals surface area contributed by atoms with E-state index in [1.165, 1.54) is 0 Å². The van der Waals surface area contributed by atoms with E-state index in [-0.39, 0.29) is 11.6 Å². The maximum Gasteiger partial charge on any atom is 0.186 e. The molecule has 1 aliphatic rings. The van der Waals surface area contributed by atoms with Crippen LogP contribution < -0.4 is 10.4 Å². The lowest BCUT2D eigenvalue weighted by Gasteiger charge is -2.28. The third-order valence-corrected chi connectivity index (χ3v) is 5.64. The second kappa shape index (κ2) is 12.4. The highest BCUT2D eigenvalue weighted by molar-refractivity contribution is 6.51. The quantitative estimate of drug-likeness (QED) is 0.495. The number of carbonyl (C=O) groups excluding carboxylic acids is 1. The number of aromatic nitrogens is 2. The molecule has 0 bridgehead atoms. The molecule has 1 aromatic heterocycles. The van der Waals surface area contributed by atoms with E-state index in [0.29, 0.717) is 56.5 Å². The van der Waals surface area contributed by atoms with Gasteiger partial charge in [-0.2, -0.15) is 0 Å². The molecule has 1 aliphatic heterocycles. The number of carbonyl (C=O) groups is 1. The highest BCUT2D eigenvalue weighted by Crippen LogP contribution is 2.25. The fourth-order valence-electron chi connectivity index (χ4n) is 3.78. The summed E-state index contributed by atoms with van der Waals surface area (Å²) in [4.78, 5) is 23.2. The lowest BCUT2D eigenvalue weighted by Crippen LogP contribution is -2.37. The van der Waals surface area contributed by atoms with Crippen LogP contribution in [0.4, 0.5) is 10.2 Å². The Hall–Kier alpha value is -3.06. The molecule has 7 heteroatoms. The Morgan fingerprint density at radius 2 is 1.53 bits per heavy atom. The van der Waals surface area contributed by atoms with Gasteiger partial charge in [-0.05, 0) is 18.1 Å². The van der Waals surface area contributed by atoms with Crippen molar-refractivity contribution >= 4 is 24.3 Å². The summed E-state index contributed by atoms with van der Waals surface area (Å²) in [5, 5.41) is 0. The molecule has 0 N–H and O–H groups in total. The van der Waals surface area contributed by atoms with Gasteiger partial charge >= 0.3 is 0 Å². The van der Waals surface area contributed by atoms with E-state index >= 15 is 0 Å². The summed E-state index contributed by atoms with van der Waals surface area (Å²) in [6, 6.07) is 15.7. The van der Waals surface area contributed by atoms with Crippen LogP contribution in [0.3, 0.4) is 0 Å². The molecule has 0 atom stereocenters. The summed E-state index contributed by atoms with van der Waals surface area (Å²) in [7, 11) is 2.03. The van der Waals surface area contributed by atoms with Crippen molar-refractivity contribution in [1.82, 2.24) is 9.97 Å². The summed E-state index contributed by atoms with van der Waals surface area (Å²) in [5.74, 6) is 0.579. The number of rotatable bonds is 7. The van der Waals surface area contributed by atoms with Crippen LogP contribution in [0.1, 0.15) is 30.7 Å². The first-order valence-electron chi connectivity index (χ1n) is 11.9. The topological polar surface area (TPSA) is 55.3 Å². The van der Waals surface area contributed by atoms with Gasteiger partial charge in [0.2, 0.25) is 0 Å². The number of aryl methyl sites for hydroxylation is 1.